The molecule has 534 valence electrons. The topological polar surface area (TPSA) is 442 Å². The highest BCUT2D eigenvalue weighted by atomic mass is 31.2. The van der Waals surface area contributed by atoms with E-state index in [1.54, 1.807) is 0 Å². The van der Waals surface area contributed by atoms with Gasteiger partial charge in [0.25, 0.3) is 0 Å². The largest absolute Gasteiger partial charge is 0.472 e. The summed E-state index contributed by atoms with van der Waals surface area (Å²) in [6.45, 7) is 2.27. The van der Waals surface area contributed by atoms with E-state index in [1.165, 1.54) is 148 Å². The molecule has 22 atom stereocenters. The Labute approximate surface area is 534 Å². The van der Waals surface area contributed by atoms with Crippen molar-refractivity contribution < 1.29 is 123 Å². The molecular formula is C62H121NO25P2. The highest BCUT2D eigenvalue weighted by Gasteiger charge is 2.56. The van der Waals surface area contributed by atoms with Crippen LogP contribution in [-0.4, -0.2) is 223 Å². The van der Waals surface area contributed by atoms with E-state index in [0.717, 1.165) is 64.2 Å². The summed E-state index contributed by atoms with van der Waals surface area (Å²) < 4.78 is 57.9. The van der Waals surface area contributed by atoms with Gasteiger partial charge in [-0.15, -0.1) is 0 Å². The van der Waals surface area contributed by atoms with E-state index < -0.39 is 157 Å². The number of ether oxygens (including phenoxy) is 2. The number of phosphoric ester groups is 2. The van der Waals surface area contributed by atoms with Crippen LogP contribution in [-0.2, 0) is 41.5 Å². The predicted octanol–water partition coefficient (Wildman–Crippen LogP) is 5.14. The van der Waals surface area contributed by atoms with Gasteiger partial charge in [-0.2, -0.15) is 0 Å². The summed E-state index contributed by atoms with van der Waals surface area (Å²) in [5.41, 5.74) is 0. The summed E-state index contributed by atoms with van der Waals surface area (Å²) in [5, 5.41) is 151. The van der Waals surface area contributed by atoms with Crippen molar-refractivity contribution in [1.29, 1.82) is 0 Å². The fourth-order valence-electron chi connectivity index (χ4n) is 12.0. The summed E-state index contributed by atoms with van der Waals surface area (Å²) in [6.07, 6.45) is -0.209. The second-order valence-electron chi connectivity index (χ2n) is 25.6. The van der Waals surface area contributed by atoms with Crippen molar-refractivity contribution >= 4 is 21.6 Å². The van der Waals surface area contributed by atoms with E-state index in [1.807, 2.05) is 0 Å². The van der Waals surface area contributed by atoms with Crippen LogP contribution in [0.1, 0.15) is 251 Å². The van der Waals surface area contributed by atoms with Crippen LogP contribution >= 0.6 is 15.6 Å². The molecule has 0 aromatic rings. The number of carbonyl (C=O) groups is 1. The average molecular weight is 1340 g/mol. The third-order valence-corrected chi connectivity index (χ3v) is 19.9. The molecule has 1 heterocycles. The molecule has 1 aliphatic heterocycles. The zero-order valence-electron chi connectivity index (χ0n) is 53.8. The van der Waals surface area contributed by atoms with E-state index in [9.17, 15) is 95.2 Å². The Bertz CT molecular complexity index is 1920. The molecule has 0 aromatic carbocycles. The second kappa shape index (κ2) is 46.3. The summed E-state index contributed by atoms with van der Waals surface area (Å²) in [7, 11) is -11.1. The number of aliphatic hydroxyl groups is 14. The van der Waals surface area contributed by atoms with Crippen molar-refractivity contribution in [2.75, 3.05) is 13.2 Å². The van der Waals surface area contributed by atoms with Gasteiger partial charge in [0.2, 0.25) is 5.91 Å². The summed E-state index contributed by atoms with van der Waals surface area (Å²) in [5.74, 6) is -0.875. The lowest BCUT2D eigenvalue weighted by Crippen LogP contribution is -2.67. The zero-order chi connectivity index (χ0) is 66.7. The lowest BCUT2D eigenvalue weighted by Gasteiger charge is -2.47. The van der Waals surface area contributed by atoms with E-state index in [2.05, 4.69) is 19.2 Å². The minimum atomic E-state index is -5.58. The van der Waals surface area contributed by atoms with E-state index in [-0.39, 0.29) is 12.8 Å². The maximum absolute atomic E-state index is 13.8. The van der Waals surface area contributed by atoms with Crippen LogP contribution in [0, 0.1) is 0 Å². The van der Waals surface area contributed by atoms with Gasteiger partial charge in [0, 0.05) is 0 Å². The molecule has 0 spiro atoms. The van der Waals surface area contributed by atoms with Gasteiger partial charge in [0.1, 0.15) is 104 Å². The van der Waals surface area contributed by atoms with Crippen LogP contribution in [0.25, 0.3) is 0 Å². The summed E-state index contributed by atoms with van der Waals surface area (Å²) in [6, 6.07) is -1.42. The Morgan fingerprint density at radius 3 is 1.11 bits per heavy atom. The van der Waals surface area contributed by atoms with Gasteiger partial charge in [-0.05, 0) is 12.8 Å². The van der Waals surface area contributed by atoms with E-state index >= 15 is 0 Å². The molecule has 1 amide bonds. The van der Waals surface area contributed by atoms with Gasteiger partial charge in [-0.3, -0.25) is 22.9 Å². The number of carbonyl (C=O) groups excluding carboxylic acids is 1. The van der Waals surface area contributed by atoms with Crippen LogP contribution in [0.5, 0.6) is 0 Å². The second-order valence-corrected chi connectivity index (χ2v) is 28.5. The first-order chi connectivity index (χ1) is 42.9. The van der Waals surface area contributed by atoms with Crippen molar-refractivity contribution in [3.8, 4) is 0 Å². The minimum Gasteiger partial charge on any atom is -0.391 e. The van der Waals surface area contributed by atoms with Crippen LogP contribution < -0.4 is 5.32 Å². The molecule has 2 aliphatic carbocycles. The molecular weight excluding hydrogens is 1220 g/mol. The smallest absolute Gasteiger partial charge is 0.391 e. The molecule has 3 fully saturated rings. The molecule has 3 rings (SSSR count). The third-order valence-electron chi connectivity index (χ3n) is 17.9. The standard InChI is InChI=1S/C62H121NO25P2/c1-3-5-7-9-11-13-15-17-18-19-20-21-22-23-24-25-27-29-31-33-35-37-39-44(65)61(78)63-42(43(64)38-36-34-32-30-28-26-16-14-12-10-8-6-4-2)40-83-89(79,80)88-60-56(76)52(72)51(71)55(75)59(60)86-62-57(77)47(67)46(66)45(85-62)41-84-90(81,82)87-58-53(73)49(69)48(68)50(70)54(58)74/h42-60,62,64-77H,3-41H2,1-2H3,(H,63,78)(H,79,80)(H,81,82)/t42-,43+,44?,45+,46+,47-,48?,49-,50+,51+,52+,53+,54+,55-,56+,57-,58?,59+,60+,62?/m0/s1. The molecule has 90 heavy (non-hydrogen) atoms. The van der Waals surface area contributed by atoms with Crippen molar-refractivity contribution in [1.82, 2.24) is 5.32 Å². The highest BCUT2D eigenvalue weighted by Crippen LogP contribution is 2.49. The number of phosphoric acid groups is 2. The number of nitrogens with one attached hydrogen (secondary N) is 1. The monoisotopic (exact) mass is 1340 g/mol. The van der Waals surface area contributed by atoms with Crippen molar-refractivity contribution in [3.63, 3.8) is 0 Å². The Morgan fingerprint density at radius 1 is 0.400 bits per heavy atom. The molecule has 2 saturated carbocycles. The fraction of sp³-hybridized carbons (Fsp3) is 0.984. The molecule has 6 unspecified atom stereocenters. The Morgan fingerprint density at radius 2 is 0.711 bits per heavy atom. The van der Waals surface area contributed by atoms with Crippen LogP contribution in [0.2, 0.25) is 0 Å². The Balaban J connectivity index is 1.56. The van der Waals surface area contributed by atoms with Gasteiger partial charge >= 0.3 is 15.6 Å². The quantitative estimate of drug-likeness (QED) is 0.0277. The van der Waals surface area contributed by atoms with Crippen molar-refractivity contribution in [2.45, 2.75) is 374 Å². The summed E-state index contributed by atoms with van der Waals surface area (Å²) in [4.78, 5) is 35.0. The van der Waals surface area contributed by atoms with Crippen LogP contribution in [0.3, 0.4) is 0 Å². The SMILES string of the molecule is CCCCCCCCCCCCCCCCCCCCCCCCC(O)C(=O)N[C@@H](COP(=O)(O)O[C@@H]1[C@H](O)[C@H](O)[C@@H](O)[C@H](O)[C@H]1OC1O[C@H](COP(=O)(O)OC2[C@H](O)[C@H](O)C(O)[C@H](O)[C@H]2O)[C@@H](O)[C@H](O)[C@@H]1O)[C@H](O)CCCCCCCCCCCCCCC. The molecule has 1 saturated heterocycles. The maximum Gasteiger partial charge on any atom is 0.472 e. The van der Waals surface area contributed by atoms with Gasteiger partial charge in [-0.1, -0.05) is 239 Å². The van der Waals surface area contributed by atoms with Gasteiger partial charge < -0.3 is 96.1 Å². The van der Waals surface area contributed by atoms with E-state index in [0.29, 0.717) is 12.8 Å². The molecule has 0 aromatic heterocycles. The van der Waals surface area contributed by atoms with Gasteiger partial charge in [-0.25, -0.2) is 9.13 Å². The number of rotatable bonds is 52. The van der Waals surface area contributed by atoms with E-state index in [4.69, 9.17) is 27.6 Å². The number of hydrogen-bond donors (Lipinski definition) is 17. The van der Waals surface area contributed by atoms with Gasteiger partial charge in [0.05, 0.1) is 25.4 Å². The lowest BCUT2D eigenvalue weighted by atomic mass is 9.84. The maximum atomic E-state index is 13.8. The average Bonchev–Trinajstić information content (AvgIpc) is 1.00. The normalized spacial score (nSPS) is 31.4. The number of unbranched alkanes of at least 4 members (excludes halogenated alkanes) is 33. The van der Waals surface area contributed by atoms with Crippen LogP contribution in [0.4, 0.5) is 0 Å². The fourth-order valence-corrected chi connectivity index (χ4v) is 13.9. The molecule has 26 nitrogen and oxygen atoms in total. The molecule has 28 heteroatoms. The van der Waals surface area contributed by atoms with Gasteiger partial charge in [0.15, 0.2) is 6.29 Å². The first kappa shape index (κ1) is 83.3. The predicted molar refractivity (Wildman–Crippen MR) is 333 cm³/mol. The number of hydrogen-bond acceptors (Lipinski definition) is 23. The lowest BCUT2D eigenvalue weighted by molar-refractivity contribution is -0.337. The number of aliphatic hydroxyl groups excluding tert-OH is 14. The highest BCUT2D eigenvalue weighted by molar-refractivity contribution is 7.47. The first-order valence-corrected chi connectivity index (χ1v) is 37.3. The molecule has 3 aliphatic rings. The molecule has 0 radical (unpaired) electrons. The third kappa shape index (κ3) is 31.1. The summed E-state index contributed by atoms with van der Waals surface area (Å²) >= 11 is 0. The Kier molecular flexibility index (Phi) is 42.8. The zero-order valence-corrected chi connectivity index (χ0v) is 55.6. The number of amides is 1. The molecule has 0 bridgehead atoms. The van der Waals surface area contributed by atoms with Crippen LogP contribution in [0.15, 0.2) is 0 Å². The van der Waals surface area contributed by atoms with Crippen molar-refractivity contribution in [2.24, 2.45) is 0 Å². The Hall–Kier alpha value is -0.950. The minimum absolute atomic E-state index is 0.104. The van der Waals surface area contributed by atoms with Crippen molar-refractivity contribution in [3.05, 3.63) is 0 Å². The molecule has 17 N–H and O–H groups in total. The first-order valence-electron chi connectivity index (χ1n) is 34.3.